The van der Waals surface area contributed by atoms with Crippen molar-refractivity contribution in [2.75, 3.05) is 19.5 Å². The Morgan fingerprint density at radius 3 is 2.81 bits per heavy atom. The van der Waals surface area contributed by atoms with Crippen LogP contribution in [0.15, 0.2) is 29.2 Å². The first-order valence-electron chi connectivity index (χ1n) is 5.50. The summed E-state index contributed by atoms with van der Waals surface area (Å²) in [6.45, 7) is 3.49. The van der Waals surface area contributed by atoms with Gasteiger partial charge >= 0.3 is 0 Å². The minimum atomic E-state index is 0.0650. The molecule has 1 aromatic rings. The summed E-state index contributed by atoms with van der Waals surface area (Å²) in [4.78, 5) is 1.24. The minimum Gasteiger partial charge on any atom is -0.379 e. The normalized spacial score (nSPS) is 12.7. The zero-order chi connectivity index (χ0) is 11.8. The molecule has 0 bridgehead atoms. The van der Waals surface area contributed by atoms with Gasteiger partial charge in [-0.05, 0) is 24.3 Å². The molecule has 90 valence electrons. The lowest BCUT2D eigenvalue weighted by Gasteiger charge is -2.18. The molecule has 4 heteroatoms. The molecule has 1 atom stereocenters. The van der Waals surface area contributed by atoms with Crippen LogP contribution < -0.4 is 11.3 Å². The van der Waals surface area contributed by atoms with Crippen molar-refractivity contribution >= 4 is 11.8 Å². The highest BCUT2D eigenvalue weighted by atomic mass is 32.2. The highest BCUT2D eigenvalue weighted by Crippen LogP contribution is 2.25. The van der Waals surface area contributed by atoms with E-state index in [-0.39, 0.29) is 6.04 Å². The molecule has 0 saturated carbocycles. The van der Waals surface area contributed by atoms with E-state index in [0.717, 1.165) is 13.0 Å². The maximum atomic E-state index is 5.57. The fourth-order valence-electron chi connectivity index (χ4n) is 1.53. The van der Waals surface area contributed by atoms with Gasteiger partial charge in [-0.25, -0.2) is 0 Å². The van der Waals surface area contributed by atoms with E-state index in [4.69, 9.17) is 10.6 Å². The minimum absolute atomic E-state index is 0.0650. The molecule has 1 aromatic carbocycles. The second kappa shape index (κ2) is 7.68. The number of hydrazine groups is 1. The van der Waals surface area contributed by atoms with Crippen LogP contribution in [0.1, 0.15) is 24.9 Å². The zero-order valence-corrected chi connectivity index (χ0v) is 10.7. The molecule has 0 radical (unpaired) electrons. The van der Waals surface area contributed by atoms with Crippen LogP contribution in [0.4, 0.5) is 0 Å². The van der Waals surface area contributed by atoms with Crippen molar-refractivity contribution in [3.05, 3.63) is 29.8 Å². The Hall–Kier alpha value is -0.550. The molecule has 0 aliphatic heterocycles. The van der Waals surface area contributed by atoms with E-state index in [1.807, 2.05) is 12.1 Å². The second-order valence-electron chi connectivity index (χ2n) is 3.54. The molecule has 3 nitrogen and oxygen atoms in total. The van der Waals surface area contributed by atoms with Crippen molar-refractivity contribution in [1.82, 2.24) is 5.43 Å². The standard InChI is InChI=1S/C12H20N2OS/c1-3-8-15-9-11(14-13)10-6-4-5-7-12(10)16-2/h4-7,11,14H,3,8-9,13H2,1-2H3. The predicted molar refractivity (Wildman–Crippen MR) is 69.4 cm³/mol. The number of benzene rings is 1. The summed E-state index contributed by atoms with van der Waals surface area (Å²) in [5, 5.41) is 0. The van der Waals surface area contributed by atoms with Gasteiger partial charge in [0, 0.05) is 11.5 Å². The van der Waals surface area contributed by atoms with Crippen molar-refractivity contribution in [1.29, 1.82) is 0 Å². The predicted octanol–water partition coefficient (Wildman–Crippen LogP) is 2.34. The van der Waals surface area contributed by atoms with Crippen LogP contribution in [0.25, 0.3) is 0 Å². The average Bonchev–Trinajstić information content (AvgIpc) is 2.35. The lowest BCUT2D eigenvalue weighted by Crippen LogP contribution is -2.31. The van der Waals surface area contributed by atoms with Crippen molar-refractivity contribution in [3.8, 4) is 0 Å². The van der Waals surface area contributed by atoms with Crippen LogP contribution in [0.2, 0.25) is 0 Å². The second-order valence-corrected chi connectivity index (χ2v) is 4.38. The van der Waals surface area contributed by atoms with Crippen molar-refractivity contribution in [3.63, 3.8) is 0 Å². The molecule has 1 unspecified atom stereocenters. The van der Waals surface area contributed by atoms with E-state index >= 15 is 0 Å². The van der Waals surface area contributed by atoms with E-state index in [9.17, 15) is 0 Å². The molecule has 0 heterocycles. The van der Waals surface area contributed by atoms with Gasteiger partial charge in [0.25, 0.3) is 0 Å². The molecule has 3 N–H and O–H groups in total. The molecular formula is C12H20N2OS. The summed E-state index contributed by atoms with van der Waals surface area (Å²) >= 11 is 1.73. The molecule has 1 rings (SSSR count). The Labute approximate surface area is 102 Å². The molecule has 16 heavy (non-hydrogen) atoms. The molecule has 0 aromatic heterocycles. The molecule has 0 amide bonds. The van der Waals surface area contributed by atoms with Crippen LogP contribution in [0.3, 0.4) is 0 Å². The van der Waals surface area contributed by atoms with Crippen molar-refractivity contribution in [2.24, 2.45) is 5.84 Å². The number of thioether (sulfide) groups is 1. The van der Waals surface area contributed by atoms with Crippen LogP contribution in [0, 0.1) is 0 Å². The molecule has 0 saturated heterocycles. The molecule has 0 aliphatic carbocycles. The van der Waals surface area contributed by atoms with Gasteiger partial charge in [-0.2, -0.15) is 0 Å². The van der Waals surface area contributed by atoms with Crippen molar-refractivity contribution < 1.29 is 4.74 Å². The fourth-order valence-corrected chi connectivity index (χ4v) is 2.19. The van der Waals surface area contributed by atoms with Gasteiger partial charge in [-0.3, -0.25) is 11.3 Å². The summed E-state index contributed by atoms with van der Waals surface area (Å²) in [5.74, 6) is 5.57. The number of rotatable bonds is 7. The quantitative estimate of drug-likeness (QED) is 0.332. The first-order chi connectivity index (χ1) is 7.83. The lowest BCUT2D eigenvalue weighted by atomic mass is 10.1. The molecule has 0 spiro atoms. The topological polar surface area (TPSA) is 47.3 Å². The largest absolute Gasteiger partial charge is 0.379 e. The summed E-state index contributed by atoms with van der Waals surface area (Å²) < 4.78 is 5.54. The highest BCUT2D eigenvalue weighted by molar-refractivity contribution is 7.98. The van der Waals surface area contributed by atoms with Crippen LogP contribution in [0.5, 0.6) is 0 Å². The maximum Gasteiger partial charge on any atom is 0.0704 e. The maximum absolute atomic E-state index is 5.57. The van der Waals surface area contributed by atoms with E-state index in [1.54, 1.807) is 11.8 Å². The van der Waals surface area contributed by atoms with E-state index < -0.39 is 0 Å². The third-order valence-corrected chi connectivity index (χ3v) is 3.16. The summed E-state index contributed by atoms with van der Waals surface area (Å²) in [6.07, 6.45) is 3.10. The Bertz CT molecular complexity index is 307. The molecule has 0 aliphatic rings. The molecule has 0 fully saturated rings. The van der Waals surface area contributed by atoms with E-state index in [0.29, 0.717) is 6.61 Å². The Morgan fingerprint density at radius 2 is 2.19 bits per heavy atom. The number of ether oxygens (including phenoxy) is 1. The van der Waals surface area contributed by atoms with Gasteiger partial charge in [0.05, 0.1) is 12.6 Å². The zero-order valence-electron chi connectivity index (χ0n) is 9.90. The lowest BCUT2D eigenvalue weighted by molar-refractivity contribution is 0.111. The summed E-state index contributed by atoms with van der Waals surface area (Å²) in [5.41, 5.74) is 4.02. The van der Waals surface area contributed by atoms with Crippen LogP contribution in [-0.2, 0) is 4.74 Å². The summed E-state index contributed by atoms with van der Waals surface area (Å²) in [6, 6.07) is 8.32. The van der Waals surface area contributed by atoms with Crippen LogP contribution in [-0.4, -0.2) is 19.5 Å². The first-order valence-corrected chi connectivity index (χ1v) is 6.72. The van der Waals surface area contributed by atoms with E-state index in [2.05, 4.69) is 30.7 Å². The molecular weight excluding hydrogens is 220 g/mol. The van der Waals surface area contributed by atoms with Gasteiger partial charge in [-0.15, -0.1) is 11.8 Å². The van der Waals surface area contributed by atoms with Gasteiger partial charge < -0.3 is 4.74 Å². The van der Waals surface area contributed by atoms with Crippen LogP contribution >= 0.6 is 11.8 Å². The monoisotopic (exact) mass is 240 g/mol. The third kappa shape index (κ3) is 3.79. The number of hydrogen-bond acceptors (Lipinski definition) is 4. The van der Waals surface area contributed by atoms with Gasteiger partial charge in [0.15, 0.2) is 0 Å². The Balaban J connectivity index is 2.69. The van der Waals surface area contributed by atoms with E-state index in [1.165, 1.54) is 10.5 Å². The average molecular weight is 240 g/mol. The number of nitrogens with two attached hydrogens (primary N) is 1. The fraction of sp³-hybridized carbons (Fsp3) is 0.500. The Morgan fingerprint density at radius 1 is 1.44 bits per heavy atom. The van der Waals surface area contributed by atoms with Gasteiger partial charge in [-0.1, -0.05) is 25.1 Å². The van der Waals surface area contributed by atoms with Gasteiger partial charge in [0.2, 0.25) is 0 Å². The SMILES string of the molecule is CCCOCC(NN)c1ccccc1SC. The number of hydrogen-bond donors (Lipinski definition) is 2. The third-order valence-electron chi connectivity index (χ3n) is 2.35. The van der Waals surface area contributed by atoms with Gasteiger partial charge in [0.1, 0.15) is 0 Å². The summed E-state index contributed by atoms with van der Waals surface area (Å²) in [7, 11) is 0. The van der Waals surface area contributed by atoms with Crippen molar-refractivity contribution in [2.45, 2.75) is 24.3 Å². The highest BCUT2D eigenvalue weighted by Gasteiger charge is 2.12. The Kier molecular flexibility index (Phi) is 6.49. The first kappa shape index (κ1) is 13.5. The smallest absolute Gasteiger partial charge is 0.0704 e. The number of nitrogens with one attached hydrogen (secondary N) is 1.